The van der Waals surface area contributed by atoms with E-state index >= 15 is 0 Å². The van der Waals surface area contributed by atoms with Crippen molar-refractivity contribution in [2.75, 3.05) is 7.05 Å². The molecule has 1 unspecified atom stereocenters. The Morgan fingerprint density at radius 3 is 2.60 bits per heavy atom. The standard InChI is InChI=1S/C12H11ClF3N3O/c1-6(17-2)19-10(20)8-5-7(12(14,15)16)3-4-9(8)18-11(19)13/h3-6,17H,1-2H3. The number of benzene rings is 1. The van der Waals surface area contributed by atoms with E-state index in [0.29, 0.717) is 0 Å². The van der Waals surface area contributed by atoms with Crippen molar-refractivity contribution in [3.63, 3.8) is 0 Å². The zero-order valence-corrected chi connectivity index (χ0v) is 11.4. The predicted molar refractivity (Wildman–Crippen MR) is 69.8 cm³/mol. The zero-order chi connectivity index (χ0) is 15.1. The van der Waals surface area contributed by atoms with Crippen molar-refractivity contribution in [3.8, 4) is 0 Å². The van der Waals surface area contributed by atoms with Gasteiger partial charge in [-0.05, 0) is 43.8 Å². The molecule has 0 aliphatic carbocycles. The first-order valence-electron chi connectivity index (χ1n) is 5.72. The summed E-state index contributed by atoms with van der Waals surface area (Å²) in [6.45, 7) is 1.65. The fourth-order valence-electron chi connectivity index (χ4n) is 1.81. The fourth-order valence-corrected chi connectivity index (χ4v) is 2.13. The lowest BCUT2D eigenvalue weighted by atomic mass is 10.1. The summed E-state index contributed by atoms with van der Waals surface area (Å²) >= 11 is 5.90. The molecule has 1 atom stereocenters. The summed E-state index contributed by atoms with van der Waals surface area (Å²) in [5.41, 5.74) is -1.38. The summed E-state index contributed by atoms with van der Waals surface area (Å²) in [7, 11) is 1.60. The average molecular weight is 306 g/mol. The maximum Gasteiger partial charge on any atom is 0.416 e. The van der Waals surface area contributed by atoms with Gasteiger partial charge in [-0.25, -0.2) is 4.98 Å². The van der Waals surface area contributed by atoms with Gasteiger partial charge in [0.2, 0.25) is 5.28 Å². The molecule has 108 valence electrons. The van der Waals surface area contributed by atoms with Crippen molar-refractivity contribution in [2.45, 2.75) is 19.3 Å². The number of aromatic nitrogens is 2. The van der Waals surface area contributed by atoms with Crippen LogP contribution >= 0.6 is 11.6 Å². The van der Waals surface area contributed by atoms with Crippen LogP contribution in [0.2, 0.25) is 5.28 Å². The van der Waals surface area contributed by atoms with Gasteiger partial charge in [-0.15, -0.1) is 0 Å². The Labute approximate surface area is 117 Å². The first-order valence-corrected chi connectivity index (χ1v) is 6.09. The molecule has 2 aromatic rings. The Morgan fingerprint density at radius 2 is 2.05 bits per heavy atom. The van der Waals surface area contributed by atoms with Crippen LogP contribution in [-0.4, -0.2) is 16.6 Å². The molecule has 4 nitrogen and oxygen atoms in total. The highest BCUT2D eigenvalue weighted by Crippen LogP contribution is 2.30. The molecule has 0 amide bonds. The van der Waals surface area contributed by atoms with Gasteiger partial charge < -0.3 is 5.32 Å². The molecule has 1 N–H and O–H groups in total. The Hall–Kier alpha value is -1.60. The summed E-state index contributed by atoms with van der Waals surface area (Å²) in [6, 6.07) is 2.80. The van der Waals surface area contributed by atoms with Gasteiger partial charge in [0.25, 0.3) is 5.56 Å². The van der Waals surface area contributed by atoms with Crippen molar-refractivity contribution in [2.24, 2.45) is 0 Å². The molecule has 0 spiro atoms. The Balaban J connectivity index is 2.78. The second-order valence-electron chi connectivity index (χ2n) is 4.25. The van der Waals surface area contributed by atoms with E-state index in [4.69, 9.17) is 11.6 Å². The molecule has 20 heavy (non-hydrogen) atoms. The molecule has 1 aromatic carbocycles. The van der Waals surface area contributed by atoms with E-state index in [1.165, 1.54) is 0 Å². The topological polar surface area (TPSA) is 46.9 Å². The van der Waals surface area contributed by atoms with E-state index in [9.17, 15) is 18.0 Å². The smallest absolute Gasteiger partial charge is 0.300 e. The molecule has 8 heteroatoms. The third kappa shape index (κ3) is 2.51. The van der Waals surface area contributed by atoms with Crippen LogP contribution in [0.25, 0.3) is 10.9 Å². The largest absolute Gasteiger partial charge is 0.416 e. The number of hydrogen-bond donors (Lipinski definition) is 1. The van der Waals surface area contributed by atoms with Crippen LogP contribution in [0.5, 0.6) is 0 Å². The second-order valence-corrected chi connectivity index (χ2v) is 4.59. The Kier molecular flexibility index (Phi) is 3.75. The van der Waals surface area contributed by atoms with Crippen molar-refractivity contribution < 1.29 is 13.2 Å². The van der Waals surface area contributed by atoms with Crippen molar-refractivity contribution in [1.82, 2.24) is 14.9 Å². The molecular formula is C12H11ClF3N3O. The normalized spacial score (nSPS) is 13.7. The fraction of sp³-hybridized carbons (Fsp3) is 0.333. The number of rotatable bonds is 2. The molecule has 0 saturated carbocycles. The maximum atomic E-state index is 12.7. The quantitative estimate of drug-likeness (QED) is 0.868. The van der Waals surface area contributed by atoms with Gasteiger partial charge in [-0.1, -0.05) is 0 Å². The summed E-state index contributed by atoms with van der Waals surface area (Å²) in [4.78, 5) is 16.2. The molecule has 0 bridgehead atoms. The molecule has 0 radical (unpaired) electrons. The average Bonchev–Trinajstić information content (AvgIpc) is 2.36. The van der Waals surface area contributed by atoms with Crippen LogP contribution < -0.4 is 10.9 Å². The van der Waals surface area contributed by atoms with E-state index in [0.717, 1.165) is 22.8 Å². The Morgan fingerprint density at radius 1 is 1.40 bits per heavy atom. The van der Waals surface area contributed by atoms with Gasteiger partial charge in [0.1, 0.15) is 0 Å². The molecule has 0 fully saturated rings. The van der Waals surface area contributed by atoms with E-state index < -0.39 is 23.5 Å². The number of fused-ring (bicyclic) bond motifs is 1. The van der Waals surface area contributed by atoms with Crippen LogP contribution in [0.3, 0.4) is 0 Å². The molecule has 1 heterocycles. The second kappa shape index (κ2) is 5.06. The van der Waals surface area contributed by atoms with Crippen molar-refractivity contribution in [3.05, 3.63) is 39.4 Å². The number of halogens is 4. The predicted octanol–water partition coefficient (Wildman–Crippen LogP) is 2.81. The summed E-state index contributed by atoms with van der Waals surface area (Å²) < 4.78 is 39.2. The van der Waals surface area contributed by atoms with E-state index in [-0.39, 0.29) is 16.2 Å². The summed E-state index contributed by atoms with van der Waals surface area (Å²) in [5.74, 6) is 0. The van der Waals surface area contributed by atoms with Gasteiger partial charge in [0.15, 0.2) is 0 Å². The first kappa shape index (κ1) is 14.8. The van der Waals surface area contributed by atoms with Gasteiger partial charge in [-0.3, -0.25) is 9.36 Å². The molecule has 2 rings (SSSR count). The van der Waals surface area contributed by atoms with Crippen LogP contribution in [0, 0.1) is 0 Å². The van der Waals surface area contributed by atoms with E-state index in [2.05, 4.69) is 10.3 Å². The number of nitrogens with one attached hydrogen (secondary N) is 1. The maximum absolute atomic E-state index is 12.7. The number of alkyl halides is 3. The minimum absolute atomic E-state index is 0.0795. The lowest BCUT2D eigenvalue weighted by Gasteiger charge is -2.16. The van der Waals surface area contributed by atoms with Crippen molar-refractivity contribution >= 4 is 22.5 Å². The minimum atomic E-state index is -4.51. The molecule has 1 aromatic heterocycles. The van der Waals surface area contributed by atoms with E-state index in [1.54, 1.807) is 14.0 Å². The van der Waals surface area contributed by atoms with E-state index in [1.807, 2.05) is 0 Å². The summed E-state index contributed by atoms with van der Waals surface area (Å²) in [5, 5.41) is 2.59. The Bertz CT molecular complexity index is 711. The molecule has 0 aliphatic rings. The van der Waals surface area contributed by atoms with Gasteiger partial charge in [-0.2, -0.15) is 13.2 Å². The third-order valence-electron chi connectivity index (χ3n) is 2.99. The van der Waals surface area contributed by atoms with Crippen LogP contribution in [-0.2, 0) is 6.18 Å². The van der Waals surface area contributed by atoms with Gasteiger partial charge in [0, 0.05) is 0 Å². The monoisotopic (exact) mass is 305 g/mol. The van der Waals surface area contributed by atoms with Crippen LogP contribution in [0.4, 0.5) is 13.2 Å². The van der Waals surface area contributed by atoms with Crippen LogP contribution in [0.1, 0.15) is 18.7 Å². The van der Waals surface area contributed by atoms with Crippen molar-refractivity contribution in [1.29, 1.82) is 0 Å². The zero-order valence-electron chi connectivity index (χ0n) is 10.6. The highest BCUT2D eigenvalue weighted by Gasteiger charge is 2.31. The van der Waals surface area contributed by atoms with Gasteiger partial charge in [0.05, 0.1) is 22.6 Å². The first-order chi connectivity index (χ1) is 9.25. The minimum Gasteiger partial charge on any atom is -0.300 e. The SMILES string of the molecule is CNC(C)n1c(Cl)nc2ccc(C(F)(F)F)cc2c1=O. The number of hydrogen-bond acceptors (Lipinski definition) is 3. The lowest BCUT2D eigenvalue weighted by molar-refractivity contribution is -0.137. The molecule has 0 aliphatic heterocycles. The van der Waals surface area contributed by atoms with Gasteiger partial charge >= 0.3 is 6.18 Å². The highest BCUT2D eigenvalue weighted by atomic mass is 35.5. The molecular weight excluding hydrogens is 295 g/mol. The highest BCUT2D eigenvalue weighted by molar-refractivity contribution is 6.28. The summed E-state index contributed by atoms with van der Waals surface area (Å²) in [6.07, 6.45) is -5.00. The number of nitrogens with zero attached hydrogens (tertiary/aromatic N) is 2. The van der Waals surface area contributed by atoms with Crippen LogP contribution in [0.15, 0.2) is 23.0 Å². The molecule has 0 saturated heterocycles. The third-order valence-corrected chi connectivity index (χ3v) is 3.26. The lowest BCUT2D eigenvalue weighted by Crippen LogP contribution is -2.31.